The SMILES string of the molecule is CC(C)c1cc([C](C2CCCCC2)=[Zr+2]([CH]2C=CC=C2)[CH]2c3cc(C(C)(C)C)ccc3-c3ccc(C(C)(C)C)cc32)cc(C(C)C)c1.[Cl-].[Cl-]. The molecule has 0 spiro atoms. The van der Waals surface area contributed by atoms with Crippen LogP contribution in [0.2, 0.25) is 3.63 Å². The molecule has 0 amide bonds. The van der Waals surface area contributed by atoms with Crippen molar-refractivity contribution in [1.29, 1.82) is 0 Å². The molecule has 0 aromatic heterocycles. The minimum Gasteiger partial charge on any atom is -1.00 e. The minimum absolute atomic E-state index is 0. The second kappa shape index (κ2) is 15.4. The average Bonchev–Trinajstić information content (AvgIpc) is 3.65. The van der Waals surface area contributed by atoms with E-state index in [9.17, 15) is 0 Å². The molecule has 0 heterocycles. The molecule has 3 heteroatoms. The van der Waals surface area contributed by atoms with Gasteiger partial charge in [-0.2, -0.15) is 0 Å². The molecular formula is C45H58Cl2Zr. The predicted molar refractivity (Wildman–Crippen MR) is 198 cm³/mol. The molecule has 6 rings (SSSR count). The first-order valence-corrected chi connectivity index (χ1v) is 22.3. The largest absolute Gasteiger partial charge is 1.00 e. The first-order chi connectivity index (χ1) is 21.7. The van der Waals surface area contributed by atoms with Crippen LogP contribution < -0.4 is 24.8 Å². The van der Waals surface area contributed by atoms with Crippen LogP contribution in [0.5, 0.6) is 0 Å². The van der Waals surface area contributed by atoms with E-state index >= 15 is 0 Å². The number of hydrogen-bond donors (Lipinski definition) is 0. The molecule has 1 fully saturated rings. The molecule has 0 unspecified atom stereocenters. The summed E-state index contributed by atoms with van der Waals surface area (Å²) in [5.74, 6) is 1.76. The summed E-state index contributed by atoms with van der Waals surface area (Å²) in [7, 11) is 0. The number of benzene rings is 3. The van der Waals surface area contributed by atoms with Crippen molar-refractivity contribution < 1.29 is 46.1 Å². The summed E-state index contributed by atoms with van der Waals surface area (Å²) in [6.45, 7) is 23.9. The number of halogens is 2. The molecule has 48 heavy (non-hydrogen) atoms. The van der Waals surface area contributed by atoms with Gasteiger partial charge in [0.1, 0.15) is 0 Å². The molecular weight excluding hydrogens is 703 g/mol. The van der Waals surface area contributed by atoms with E-state index in [1.165, 1.54) is 65.5 Å². The van der Waals surface area contributed by atoms with Gasteiger partial charge in [-0.15, -0.1) is 0 Å². The average molecular weight is 761 g/mol. The van der Waals surface area contributed by atoms with E-state index in [-0.39, 0.29) is 35.6 Å². The van der Waals surface area contributed by atoms with Crippen LogP contribution in [-0.2, 0) is 32.1 Å². The molecule has 1 saturated carbocycles. The molecule has 3 aromatic carbocycles. The van der Waals surface area contributed by atoms with Crippen molar-refractivity contribution in [2.24, 2.45) is 5.92 Å². The fourth-order valence-electron chi connectivity index (χ4n) is 8.22. The molecule has 0 nitrogen and oxygen atoms in total. The van der Waals surface area contributed by atoms with Gasteiger partial charge in [-0.25, -0.2) is 0 Å². The van der Waals surface area contributed by atoms with E-state index in [2.05, 4.69) is 148 Å². The van der Waals surface area contributed by atoms with Crippen LogP contribution in [0.25, 0.3) is 11.1 Å². The monoisotopic (exact) mass is 758 g/mol. The predicted octanol–water partition coefficient (Wildman–Crippen LogP) is 6.94. The Bertz CT molecular complexity index is 1600. The topological polar surface area (TPSA) is 0 Å². The maximum absolute atomic E-state index is 2.66. The smallest absolute Gasteiger partial charge is 1.00 e. The van der Waals surface area contributed by atoms with Crippen molar-refractivity contribution in [3.8, 4) is 11.1 Å². The van der Waals surface area contributed by atoms with Gasteiger partial charge in [0, 0.05) is 0 Å². The van der Waals surface area contributed by atoms with Gasteiger partial charge in [-0.1, -0.05) is 0 Å². The van der Waals surface area contributed by atoms with E-state index in [1.807, 2.05) is 3.21 Å². The van der Waals surface area contributed by atoms with Crippen molar-refractivity contribution >= 4 is 3.21 Å². The summed E-state index contributed by atoms with van der Waals surface area (Å²) in [6, 6.07) is 23.0. The van der Waals surface area contributed by atoms with Gasteiger partial charge in [0.25, 0.3) is 0 Å². The second-order valence-electron chi connectivity index (χ2n) is 17.2. The van der Waals surface area contributed by atoms with Gasteiger partial charge < -0.3 is 24.8 Å². The van der Waals surface area contributed by atoms with Crippen LogP contribution >= 0.6 is 0 Å². The molecule has 0 bridgehead atoms. The molecule has 0 atom stereocenters. The Morgan fingerprint density at radius 3 is 1.50 bits per heavy atom. The van der Waals surface area contributed by atoms with Crippen LogP contribution in [0, 0.1) is 5.92 Å². The number of fused-ring (bicyclic) bond motifs is 3. The van der Waals surface area contributed by atoms with E-state index < -0.39 is 21.3 Å². The maximum atomic E-state index is 2.66. The Balaban J connectivity index is 0.00000260. The summed E-state index contributed by atoms with van der Waals surface area (Å²) in [6.07, 6.45) is 16.8. The fourth-order valence-corrected chi connectivity index (χ4v) is 18.2. The molecule has 3 aromatic rings. The third-order valence-corrected chi connectivity index (χ3v) is 20.1. The van der Waals surface area contributed by atoms with Gasteiger partial charge >= 0.3 is 291 Å². The Morgan fingerprint density at radius 1 is 0.625 bits per heavy atom. The Morgan fingerprint density at radius 2 is 1.08 bits per heavy atom. The van der Waals surface area contributed by atoms with E-state index in [1.54, 1.807) is 16.7 Å². The number of allylic oxidation sites excluding steroid dienone is 4. The standard InChI is InChI=1S/C21H25.C19H28.C5H5.2ClH.Zr/c1-20(2,3)16-7-9-18-14(12-16)11-15-13-17(21(4,5)6)8-10-19(15)18;1-14(2)18-11-17(12-19(13-18)15(3)4)10-16-8-6-5-7-9-16;1-2-4-5-3-1;;;/h7-13H,1-6H3;11-16H,5-9H2,1-4H3;1-5H;2*1H;/q;;;;;+2/p-2. The summed E-state index contributed by atoms with van der Waals surface area (Å²) in [5, 5.41) is 0. The quantitative estimate of drug-likeness (QED) is 0.256. The van der Waals surface area contributed by atoms with Crippen LogP contribution in [0.1, 0.15) is 156 Å². The van der Waals surface area contributed by atoms with Crippen LogP contribution in [-0.4, -0.2) is 3.21 Å². The van der Waals surface area contributed by atoms with Gasteiger partial charge in [0.2, 0.25) is 0 Å². The van der Waals surface area contributed by atoms with Gasteiger partial charge in [-0.05, 0) is 0 Å². The van der Waals surface area contributed by atoms with Crippen molar-refractivity contribution in [3.63, 3.8) is 0 Å². The third-order valence-electron chi connectivity index (χ3n) is 11.1. The van der Waals surface area contributed by atoms with Gasteiger partial charge in [0.05, 0.1) is 0 Å². The van der Waals surface area contributed by atoms with E-state index in [0.717, 1.165) is 0 Å². The molecule has 0 saturated heterocycles. The number of rotatable bonds is 6. The summed E-state index contributed by atoms with van der Waals surface area (Å²) < 4.78 is 3.01. The molecule has 3 aliphatic rings. The zero-order valence-corrected chi connectivity index (χ0v) is 35.2. The molecule has 0 radical (unpaired) electrons. The molecule has 0 N–H and O–H groups in total. The zero-order valence-electron chi connectivity index (χ0n) is 31.2. The normalized spacial score (nSPS) is 17.0. The minimum atomic E-state index is -2.61. The summed E-state index contributed by atoms with van der Waals surface area (Å²) in [4.78, 5) is 0. The van der Waals surface area contributed by atoms with Gasteiger partial charge in [-0.3, -0.25) is 0 Å². The van der Waals surface area contributed by atoms with Crippen LogP contribution in [0.4, 0.5) is 0 Å². The number of hydrogen-bond acceptors (Lipinski definition) is 0. The second-order valence-corrected chi connectivity index (χ2v) is 23.9. The fraction of sp³-hybridized carbons (Fsp3) is 0.489. The maximum Gasteiger partial charge on any atom is -1.00 e. The van der Waals surface area contributed by atoms with Crippen molar-refractivity contribution in [3.05, 3.63) is 118 Å². The molecule has 256 valence electrons. The van der Waals surface area contributed by atoms with Crippen molar-refractivity contribution in [2.75, 3.05) is 0 Å². The van der Waals surface area contributed by atoms with Crippen molar-refractivity contribution in [2.45, 2.75) is 131 Å². The van der Waals surface area contributed by atoms with E-state index in [0.29, 0.717) is 25.0 Å². The van der Waals surface area contributed by atoms with Crippen LogP contribution in [0.3, 0.4) is 0 Å². The summed E-state index contributed by atoms with van der Waals surface area (Å²) >= 11 is -2.61. The first-order valence-electron chi connectivity index (χ1n) is 18.3. The third kappa shape index (κ3) is 7.85. The Kier molecular flexibility index (Phi) is 12.6. The van der Waals surface area contributed by atoms with Crippen molar-refractivity contribution in [1.82, 2.24) is 0 Å². The Labute approximate surface area is 313 Å². The first kappa shape index (κ1) is 39.3. The summed E-state index contributed by atoms with van der Waals surface area (Å²) in [5.41, 5.74) is 14.1. The Hall–Kier alpha value is -1.53. The van der Waals surface area contributed by atoms with Crippen LogP contribution in [0.15, 0.2) is 78.9 Å². The van der Waals surface area contributed by atoms with E-state index in [4.69, 9.17) is 0 Å². The molecule has 3 aliphatic carbocycles. The zero-order chi connectivity index (χ0) is 33.0. The molecule has 0 aliphatic heterocycles. The van der Waals surface area contributed by atoms with Gasteiger partial charge in [0.15, 0.2) is 0 Å².